The molecular formula is C25H26N4OS. The summed E-state index contributed by atoms with van der Waals surface area (Å²) < 4.78 is 1.91. The molecule has 0 spiro atoms. The zero-order valence-corrected chi connectivity index (χ0v) is 19.1. The van der Waals surface area contributed by atoms with Crippen LogP contribution >= 0.6 is 11.8 Å². The Labute approximate surface area is 186 Å². The van der Waals surface area contributed by atoms with Crippen LogP contribution in [-0.2, 0) is 17.1 Å². The van der Waals surface area contributed by atoms with E-state index in [9.17, 15) is 4.79 Å². The fourth-order valence-corrected chi connectivity index (χ4v) is 4.68. The van der Waals surface area contributed by atoms with Crippen LogP contribution in [0.4, 0.5) is 5.69 Å². The van der Waals surface area contributed by atoms with Crippen molar-refractivity contribution in [2.24, 2.45) is 0 Å². The van der Waals surface area contributed by atoms with Gasteiger partial charge >= 0.3 is 0 Å². The number of hydrogen-bond donors (Lipinski definition) is 1. The lowest BCUT2D eigenvalue weighted by Gasteiger charge is -2.14. The maximum absolute atomic E-state index is 13.0. The number of aromatic nitrogens is 3. The first kappa shape index (κ1) is 21.1. The van der Waals surface area contributed by atoms with Gasteiger partial charge in [-0.1, -0.05) is 59.3 Å². The minimum absolute atomic E-state index is 0.0859. The summed E-state index contributed by atoms with van der Waals surface area (Å²) in [6.07, 6.45) is 1.74. The SMILES string of the molecule is Cc1ccc(CSc2nc3cccnc3n2CC(=O)Nc2c(C)cc(C)cc2C)cc1. The Kier molecular flexibility index (Phi) is 6.09. The molecule has 6 heteroatoms. The van der Waals surface area contributed by atoms with Gasteiger partial charge in [0, 0.05) is 17.6 Å². The number of anilines is 1. The van der Waals surface area contributed by atoms with Crippen LogP contribution in [0.1, 0.15) is 27.8 Å². The number of imidazole rings is 1. The Balaban J connectivity index is 1.58. The van der Waals surface area contributed by atoms with Crippen molar-refractivity contribution in [1.29, 1.82) is 0 Å². The highest BCUT2D eigenvalue weighted by atomic mass is 32.2. The number of amides is 1. The molecule has 2 aromatic heterocycles. The van der Waals surface area contributed by atoms with E-state index in [1.807, 2.05) is 30.5 Å². The number of aryl methyl sites for hydroxylation is 4. The molecule has 0 unspecified atom stereocenters. The molecule has 0 atom stereocenters. The second-order valence-corrected chi connectivity index (χ2v) is 8.87. The van der Waals surface area contributed by atoms with Gasteiger partial charge in [0.2, 0.25) is 5.91 Å². The van der Waals surface area contributed by atoms with E-state index >= 15 is 0 Å². The minimum Gasteiger partial charge on any atom is -0.324 e. The molecule has 0 bridgehead atoms. The van der Waals surface area contributed by atoms with Gasteiger partial charge in [0.15, 0.2) is 10.8 Å². The average Bonchev–Trinajstić information content (AvgIpc) is 3.08. The number of pyridine rings is 1. The molecule has 2 aromatic carbocycles. The summed E-state index contributed by atoms with van der Waals surface area (Å²) in [5.74, 6) is 0.693. The van der Waals surface area contributed by atoms with Crippen LogP contribution in [0.2, 0.25) is 0 Å². The van der Waals surface area contributed by atoms with Crippen molar-refractivity contribution in [3.8, 4) is 0 Å². The van der Waals surface area contributed by atoms with Crippen LogP contribution in [0.3, 0.4) is 0 Å². The van der Waals surface area contributed by atoms with Crippen molar-refractivity contribution >= 4 is 34.5 Å². The van der Waals surface area contributed by atoms with Crippen LogP contribution in [-0.4, -0.2) is 20.4 Å². The molecule has 0 radical (unpaired) electrons. The quantitative estimate of drug-likeness (QED) is 0.405. The van der Waals surface area contributed by atoms with E-state index in [4.69, 9.17) is 4.98 Å². The lowest BCUT2D eigenvalue weighted by atomic mass is 10.1. The van der Waals surface area contributed by atoms with E-state index in [-0.39, 0.29) is 12.5 Å². The van der Waals surface area contributed by atoms with Crippen molar-refractivity contribution in [3.05, 3.63) is 82.5 Å². The number of hydrogen-bond acceptors (Lipinski definition) is 4. The van der Waals surface area contributed by atoms with Crippen molar-refractivity contribution in [1.82, 2.24) is 14.5 Å². The van der Waals surface area contributed by atoms with Crippen LogP contribution < -0.4 is 5.32 Å². The molecule has 158 valence electrons. The average molecular weight is 431 g/mol. The van der Waals surface area contributed by atoms with Crippen molar-refractivity contribution in [3.63, 3.8) is 0 Å². The van der Waals surface area contributed by atoms with E-state index in [0.717, 1.165) is 38.9 Å². The molecule has 0 aliphatic heterocycles. The second-order valence-electron chi connectivity index (χ2n) is 7.92. The Morgan fingerprint density at radius 3 is 2.42 bits per heavy atom. The summed E-state index contributed by atoms with van der Waals surface area (Å²) in [6.45, 7) is 8.35. The van der Waals surface area contributed by atoms with Gasteiger partial charge < -0.3 is 5.32 Å². The van der Waals surface area contributed by atoms with Gasteiger partial charge in [-0.2, -0.15) is 0 Å². The normalized spacial score (nSPS) is 11.1. The zero-order chi connectivity index (χ0) is 22.0. The third kappa shape index (κ3) is 4.80. The first-order chi connectivity index (χ1) is 14.9. The van der Waals surface area contributed by atoms with Gasteiger partial charge in [-0.25, -0.2) is 9.97 Å². The number of nitrogens with one attached hydrogen (secondary N) is 1. The molecule has 0 fully saturated rings. The Morgan fingerprint density at radius 1 is 1.00 bits per heavy atom. The van der Waals surface area contributed by atoms with E-state index < -0.39 is 0 Å². The van der Waals surface area contributed by atoms with E-state index in [1.54, 1.807) is 18.0 Å². The highest BCUT2D eigenvalue weighted by Crippen LogP contribution is 2.27. The fourth-order valence-electron chi connectivity index (χ4n) is 3.72. The number of thioether (sulfide) groups is 1. The Morgan fingerprint density at radius 2 is 1.71 bits per heavy atom. The topological polar surface area (TPSA) is 59.8 Å². The van der Waals surface area contributed by atoms with Crippen LogP contribution in [0.5, 0.6) is 0 Å². The standard InChI is InChI=1S/C25H26N4OS/c1-16-7-9-20(10-8-16)15-31-25-27-21-6-5-11-26-24(21)29(25)14-22(30)28-23-18(3)12-17(2)13-19(23)4/h5-13H,14-15H2,1-4H3,(H,28,30). The lowest BCUT2D eigenvalue weighted by molar-refractivity contribution is -0.116. The molecule has 4 rings (SSSR count). The van der Waals surface area contributed by atoms with Gasteiger partial charge in [0.1, 0.15) is 12.1 Å². The zero-order valence-electron chi connectivity index (χ0n) is 18.3. The number of benzene rings is 2. The Hall–Kier alpha value is -3.12. The highest BCUT2D eigenvalue weighted by Gasteiger charge is 2.16. The minimum atomic E-state index is -0.0859. The molecule has 31 heavy (non-hydrogen) atoms. The number of fused-ring (bicyclic) bond motifs is 1. The van der Waals surface area contributed by atoms with Crippen LogP contribution in [0.15, 0.2) is 59.9 Å². The molecular weight excluding hydrogens is 404 g/mol. The Bertz CT molecular complexity index is 1220. The molecule has 0 saturated heterocycles. The lowest BCUT2D eigenvalue weighted by Crippen LogP contribution is -2.20. The van der Waals surface area contributed by atoms with E-state index in [2.05, 4.69) is 60.5 Å². The van der Waals surface area contributed by atoms with Gasteiger partial charge in [-0.3, -0.25) is 9.36 Å². The predicted octanol–water partition coefficient (Wildman–Crippen LogP) is 5.60. The third-order valence-electron chi connectivity index (χ3n) is 5.20. The number of nitrogens with zero attached hydrogens (tertiary/aromatic N) is 3. The van der Waals surface area contributed by atoms with Gasteiger partial charge in [0.25, 0.3) is 0 Å². The molecule has 0 aliphatic carbocycles. The van der Waals surface area contributed by atoms with Gasteiger partial charge in [-0.05, 0) is 56.5 Å². The summed E-state index contributed by atoms with van der Waals surface area (Å²) in [6, 6.07) is 16.4. The van der Waals surface area contributed by atoms with E-state index in [0.29, 0.717) is 0 Å². The van der Waals surface area contributed by atoms with Crippen molar-refractivity contribution < 1.29 is 4.79 Å². The number of rotatable bonds is 6. The van der Waals surface area contributed by atoms with Crippen molar-refractivity contribution in [2.75, 3.05) is 5.32 Å². The smallest absolute Gasteiger partial charge is 0.244 e. The summed E-state index contributed by atoms with van der Waals surface area (Å²) >= 11 is 1.62. The molecule has 1 amide bonds. The van der Waals surface area contributed by atoms with Crippen LogP contribution in [0.25, 0.3) is 11.2 Å². The van der Waals surface area contributed by atoms with Crippen molar-refractivity contribution in [2.45, 2.75) is 45.1 Å². The number of carbonyl (C=O) groups excluding carboxylic acids is 1. The van der Waals surface area contributed by atoms with Gasteiger partial charge in [0.05, 0.1) is 0 Å². The maximum Gasteiger partial charge on any atom is 0.244 e. The molecule has 0 saturated carbocycles. The monoisotopic (exact) mass is 430 g/mol. The highest BCUT2D eigenvalue weighted by molar-refractivity contribution is 7.98. The summed E-state index contributed by atoms with van der Waals surface area (Å²) in [5.41, 5.74) is 8.17. The molecule has 0 aliphatic rings. The van der Waals surface area contributed by atoms with Crippen LogP contribution in [0, 0.1) is 27.7 Å². The number of carbonyl (C=O) groups is 1. The molecule has 4 aromatic rings. The maximum atomic E-state index is 13.0. The summed E-state index contributed by atoms with van der Waals surface area (Å²) in [7, 11) is 0. The fraction of sp³-hybridized carbons (Fsp3) is 0.240. The molecule has 2 heterocycles. The molecule has 5 nitrogen and oxygen atoms in total. The first-order valence-electron chi connectivity index (χ1n) is 10.3. The summed E-state index contributed by atoms with van der Waals surface area (Å²) in [4.78, 5) is 22.2. The first-order valence-corrected chi connectivity index (χ1v) is 11.3. The molecule has 1 N–H and O–H groups in total. The van der Waals surface area contributed by atoms with Gasteiger partial charge in [-0.15, -0.1) is 0 Å². The third-order valence-corrected chi connectivity index (χ3v) is 6.25. The van der Waals surface area contributed by atoms with E-state index in [1.165, 1.54) is 16.7 Å². The summed E-state index contributed by atoms with van der Waals surface area (Å²) in [5, 5.41) is 3.88. The second kappa shape index (κ2) is 8.94. The predicted molar refractivity (Wildman–Crippen MR) is 128 cm³/mol. The largest absolute Gasteiger partial charge is 0.324 e.